The molecule has 3 rings (SSSR count). The molecule has 1 aromatic carbocycles. The summed E-state index contributed by atoms with van der Waals surface area (Å²) >= 11 is 0. The first-order chi connectivity index (χ1) is 15.1. The maximum absolute atomic E-state index is 11.9. The summed E-state index contributed by atoms with van der Waals surface area (Å²) in [6, 6.07) is 8.77. The maximum Gasteiger partial charge on any atom is 0.220 e. The van der Waals surface area contributed by atoms with Crippen molar-refractivity contribution in [2.45, 2.75) is 64.3 Å². The number of anilines is 1. The molecule has 0 spiro atoms. The van der Waals surface area contributed by atoms with Gasteiger partial charge in [-0.1, -0.05) is 6.07 Å². The lowest BCUT2D eigenvalue weighted by atomic mass is 9.84. The van der Waals surface area contributed by atoms with Gasteiger partial charge in [-0.05, 0) is 69.5 Å². The van der Waals surface area contributed by atoms with Crippen molar-refractivity contribution in [2.75, 3.05) is 44.7 Å². The molecule has 1 N–H and O–H groups in total. The van der Waals surface area contributed by atoms with Crippen LogP contribution in [0.4, 0.5) is 5.69 Å². The molecule has 6 nitrogen and oxygen atoms in total. The molecule has 31 heavy (non-hydrogen) atoms. The van der Waals surface area contributed by atoms with E-state index in [1.807, 2.05) is 6.07 Å². The Balaban J connectivity index is 1.33. The predicted octanol–water partition coefficient (Wildman–Crippen LogP) is 3.88. The quantitative estimate of drug-likeness (QED) is 0.607. The van der Waals surface area contributed by atoms with E-state index in [-0.39, 0.29) is 5.91 Å². The highest BCUT2D eigenvalue weighted by Gasteiger charge is 2.24. The first kappa shape index (κ1) is 23.4. The molecule has 1 heterocycles. The van der Waals surface area contributed by atoms with E-state index in [1.54, 1.807) is 7.11 Å². The number of nitrogens with one attached hydrogen (secondary N) is 1. The standard InChI is InChI=1S/C25H38N4O2/c1-20-6-11-23(31-2)19-24(20)29-17-15-28(16-18-29)14-12-21-7-9-22(10-8-21)27-25(30)5-3-4-13-26/h6,11,19,21-22H,3-5,7-10,12,14-18H2,1-2H3,(H,27,30)/t21-,22-. The van der Waals surface area contributed by atoms with Crippen molar-refractivity contribution in [2.24, 2.45) is 5.92 Å². The molecule has 0 atom stereocenters. The molecule has 1 saturated carbocycles. The Morgan fingerprint density at radius 3 is 2.61 bits per heavy atom. The Hall–Kier alpha value is -2.26. The number of methoxy groups -OCH3 is 1. The number of nitrogens with zero attached hydrogens (tertiary/aromatic N) is 3. The smallest absolute Gasteiger partial charge is 0.220 e. The van der Waals surface area contributed by atoms with Gasteiger partial charge in [0.2, 0.25) is 5.91 Å². The summed E-state index contributed by atoms with van der Waals surface area (Å²) in [5.41, 5.74) is 2.61. The van der Waals surface area contributed by atoms with E-state index in [4.69, 9.17) is 10.00 Å². The zero-order valence-electron chi connectivity index (χ0n) is 19.2. The number of carbonyl (C=O) groups is 1. The van der Waals surface area contributed by atoms with E-state index < -0.39 is 0 Å². The molecule has 1 saturated heterocycles. The van der Waals surface area contributed by atoms with Gasteiger partial charge in [-0.3, -0.25) is 9.69 Å². The van der Waals surface area contributed by atoms with Crippen molar-refractivity contribution in [1.82, 2.24) is 10.2 Å². The number of unbranched alkanes of at least 4 members (excludes halogenated alkanes) is 1. The number of hydrogen-bond acceptors (Lipinski definition) is 5. The summed E-state index contributed by atoms with van der Waals surface area (Å²) in [5.74, 6) is 1.82. The average molecular weight is 427 g/mol. The summed E-state index contributed by atoms with van der Waals surface area (Å²) in [4.78, 5) is 17.0. The summed E-state index contributed by atoms with van der Waals surface area (Å²) < 4.78 is 5.41. The highest BCUT2D eigenvalue weighted by atomic mass is 16.5. The van der Waals surface area contributed by atoms with Crippen LogP contribution in [0.15, 0.2) is 18.2 Å². The van der Waals surface area contributed by atoms with E-state index in [1.165, 1.54) is 37.1 Å². The molecular formula is C25H38N4O2. The van der Waals surface area contributed by atoms with Gasteiger partial charge in [0.25, 0.3) is 0 Å². The lowest BCUT2D eigenvalue weighted by Crippen LogP contribution is -2.47. The second-order valence-corrected chi connectivity index (χ2v) is 9.07. The number of nitriles is 1. The van der Waals surface area contributed by atoms with E-state index in [9.17, 15) is 4.79 Å². The number of hydrogen-bond donors (Lipinski definition) is 1. The van der Waals surface area contributed by atoms with Crippen LogP contribution in [-0.4, -0.2) is 56.7 Å². The van der Waals surface area contributed by atoms with E-state index in [0.717, 1.165) is 50.7 Å². The summed E-state index contributed by atoms with van der Waals surface area (Å²) in [6.07, 6.45) is 7.50. The van der Waals surface area contributed by atoms with Crippen molar-refractivity contribution >= 4 is 11.6 Å². The van der Waals surface area contributed by atoms with Gasteiger partial charge in [0.05, 0.1) is 13.2 Å². The SMILES string of the molecule is COc1ccc(C)c(N2CCN(CC[C@H]3CC[C@H](NC(=O)CCCC#N)CC3)CC2)c1. The van der Waals surface area contributed by atoms with Crippen LogP contribution < -0.4 is 15.0 Å². The molecule has 0 radical (unpaired) electrons. The first-order valence-electron chi connectivity index (χ1n) is 11.9. The highest BCUT2D eigenvalue weighted by Crippen LogP contribution is 2.29. The van der Waals surface area contributed by atoms with Crippen molar-refractivity contribution in [1.29, 1.82) is 5.26 Å². The van der Waals surface area contributed by atoms with Gasteiger partial charge in [0.15, 0.2) is 0 Å². The first-order valence-corrected chi connectivity index (χ1v) is 11.9. The number of aryl methyl sites for hydroxylation is 1. The zero-order valence-corrected chi connectivity index (χ0v) is 19.2. The fraction of sp³-hybridized carbons (Fsp3) is 0.680. The largest absolute Gasteiger partial charge is 0.497 e. The third-order valence-corrected chi connectivity index (χ3v) is 6.89. The third-order valence-electron chi connectivity index (χ3n) is 6.89. The van der Waals surface area contributed by atoms with Gasteiger partial charge < -0.3 is 15.0 Å². The van der Waals surface area contributed by atoms with Crippen LogP contribution >= 0.6 is 0 Å². The van der Waals surface area contributed by atoms with Crippen LogP contribution in [0.2, 0.25) is 0 Å². The van der Waals surface area contributed by atoms with Crippen molar-refractivity contribution in [3.8, 4) is 11.8 Å². The van der Waals surface area contributed by atoms with Gasteiger partial charge in [0, 0.05) is 56.8 Å². The molecule has 1 aromatic rings. The molecule has 1 aliphatic heterocycles. The Labute approximate surface area is 187 Å². The number of rotatable bonds is 9. The van der Waals surface area contributed by atoms with Crippen LogP contribution in [0.3, 0.4) is 0 Å². The third kappa shape index (κ3) is 7.14. The number of carbonyl (C=O) groups excluding carboxylic acids is 1. The predicted molar refractivity (Wildman–Crippen MR) is 124 cm³/mol. The molecule has 1 amide bonds. The maximum atomic E-state index is 11.9. The van der Waals surface area contributed by atoms with Gasteiger partial charge in [0.1, 0.15) is 5.75 Å². The van der Waals surface area contributed by atoms with Crippen LogP contribution in [0, 0.1) is 24.2 Å². The molecule has 6 heteroatoms. The van der Waals surface area contributed by atoms with Gasteiger partial charge in [-0.15, -0.1) is 0 Å². The molecule has 0 aromatic heterocycles. The topological polar surface area (TPSA) is 68.6 Å². The van der Waals surface area contributed by atoms with Crippen LogP contribution in [-0.2, 0) is 4.79 Å². The number of piperazine rings is 1. The van der Waals surface area contributed by atoms with Gasteiger partial charge in [-0.2, -0.15) is 5.26 Å². The van der Waals surface area contributed by atoms with Crippen molar-refractivity contribution < 1.29 is 9.53 Å². The minimum atomic E-state index is 0.114. The minimum absolute atomic E-state index is 0.114. The number of amides is 1. The van der Waals surface area contributed by atoms with Gasteiger partial charge in [-0.25, -0.2) is 0 Å². The van der Waals surface area contributed by atoms with E-state index in [2.05, 4.69) is 40.2 Å². The highest BCUT2D eigenvalue weighted by molar-refractivity contribution is 5.76. The van der Waals surface area contributed by atoms with Gasteiger partial charge >= 0.3 is 0 Å². The second-order valence-electron chi connectivity index (χ2n) is 9.07. The summed E-state index contributed by atoms with van der Waals surface area (Å²) in [5, 5.41) is 11.7. The number of benzene rings is 1. The lowest BCUT2D eigenvalue weighted by Gasteiger charge is -2.38. The number of ether oxygens (including phenoxy) is 1. The molecule has 2 aliphatic rings. The Kier molecular flexibility index (Phi) is 9.02. The molecule has 0 bridgehead atoms. The van der Waals surface area contributed by atoms with Crippen molar-refractivity contribution in [3.05, 3.63) is 23.8 Å². The fourth-order valence-corrected chi connectivity index (χ4v) is 4.86. The lowest BCUT2D eigenvalue weighted by molar-refractivity contribution is -0.122. The van der Waals surface area contributed by atoms with E-state index in [0.29, 0.717) is 25.3 Å². The van der Waals surface area contributed by atoms with Crippen LogP contribution in [0.25, 0.3) is 0 Å². The Bertz CT molecular complexity index is 744. The van der Waals surface area contributed by atoms with Crippen LogP contribution in [0.5, 0.6) is 5.75 Å². The second kappa shape index (κ2) is 12.0. The zero-order chi connectivity index (χ0) is 22.1. The Morgan fingerprint density at radius 1 is 1.19 bits per heavy atom. The summed E-state index contributed by atoms with van der Waals surface area (Å²) in [7, 11) is 1.73. The molecule has 170 valence electrons. The molecule has 1 aliphatic carbocycles. The molecular weight excluding hydrogens is 388 g/mol. The normalized spacial score (nSPS) is 22.0. The Morgan fingerprint density at radius 2 is 1.94 bits per heavy atom. The van der Waals surface area contributed by atoms with Crippen LogP contribution in [0.1, 0.15) is 56.9 Å². The summed E-state index contributed by atoms with van der Waals surface area (Å²) in [6.45, 7) is 7.72. The molecule has 2 fully saturated rings. The monoisotopic (exact) mass is 426 g/mol. The van der Waals surface area contributed by atoms with Crippen molar-refractivity contribution in [3.63, 3.8) is 0 Å². The minimum Gasteiger partial charge on any atom is -0.497 e. The van der Waals surface area contributed by atoms with E-state index >= 15 is 0 Å². The average Bonchev–Trinajstić information content (AvgIpc) is 2.79. The fourth-order valence-electron chi connectivity index (χ4n) is 4.86. The molecule has 0 unspecified atom stereocenters.